The molecule has 9 heteroatoms. The Kier molecular flexibility index (Phi) is 8.36. The smallest absolute Gasteiger partial charge is 0.325 e. The number of hydrogen-bond acceptors (Lipinski definition) is 5. The van der Waals surface area contributed by atoms with Gasteiger partial charge in [0.1, 0.15) is 13.2 Å². The summed E-state index contributed by atoms with van der Waals surface area (Å²) in [6.45, 7) is 4.05. The number of nitrogens with zero attached hydrogens (tertiary/aromatic N) is 1. The van der Waals surface area contributed by atoms with Gasteiger partial charge < -0.3 is 10.1 Å². The largest absolute Gasteiger partial charge is 0.459 e. The first-order valence-corrected chi connectivity index (χ1v) is 11.3. The highest BCUT2D eigenvalue weighted by atomic mass is 79.9. The third kappa shape index (κ3) is 6.12. The lowest BCUT2D eigenvalue weighted by Gasteiger charge is -2.18. The van der Waals surface area contributed by atoms with Crippen molar-refractivity contribution in [3.8, 4) is 0 Å². The number of halogens is 1. The van der Waals surface area contributed by atoms with Crippen LogP contribution in [0.4, 0.5) is 0 Å². The number of benzene rings is 2. The Bertz CT molecular complexity index is 957. The monoisotopic (exact) mass is 482 g/mol. The van der Waals surface area contributed by atoms with Crippen LogP contribution in [0.2, 0.25) is 0 Å². The molecule has 2 aromatic carbocycles. The lowest BCUT2D eigenvalue weighted by atomic mass is 10.2. The number of rotatable bonds is 9. The van der Waals surface area contributed by atoms with Crippen LogP contribution in [-0.2, 0) is 26.2 Å². The zero-order valence-corrected chi connectivity index (χ0v) is 18.6. The van der Waals surface area contributed by atoms with Gasteiger partial charge in [0.15, 0.2) is 0 Å². The summed E-state index contributed by atoms with van der Waals surface area (Å²) in [5.74, 6) is -1.07. The number of sulfonamides is 1. The summed E-state index contributed by atoms with van der Waals surface area (Å²) in [7, 11) is -3.58. The van der Waals surface area contributed by atoms with Crippen LogP contribution in [0.3, 0.4) is 0 Å². The van der Waals surface area contributed by atoms with Crippen molar-refractivity contribution in [3.05, 3.63) is 64.1 Å². The summed E-state index contributed by atoms with van der Waals surface area (Å²) in [6.07, 6.45) is 0. The van der Waals surface area contributed by atoms with Crippen LogP contribution in [-0.4, -0.2) is 44.2 Å². The first-order valence-electron chi connectivity index (χ1n) is 9.07. The molecule has 7 nitrogen and oxygen atoms in total. The molecule has 2 aromatic rings. The van der Waals surface area contributed by atoms with Gasteiger partial charge in [-0.3, -0.25) is 9.59 Å². The fourth-order valence-electron chi connectivity index (χ4n) is 2.57. The molecule has 0 spiro atoms. The molecule has 0 aromatic heterocycles. The lowest BCUT2D eigenvalue weighted by Crippen LogP contribution is -2.31. The maximum absolute atomic E-state index is 12.5. The normalized spacial score (nSPS) is 11.3. The van der Waals surface area contributed by atoms with Crippen molar-refractivity contribution >= 4 is 37.8 Å². The summed E-state index contributed by atoms with van der Waals surface area (Å²) in [5.41, 5.74) is 1.07. The Morgan fingerprint density at radius 1 is 1.03 bits per heavy atom. The molecule has 0 heterocycles. The van der Waals surface area contributed by atoms with Crippen LogP contribution < -0.4 is 5.32 Å². The highest BCUT2D eigenvalue weighted by Gasteiger charge is 2.21. The second kappa shape index (κ2) is 10.5. The number of ether oxygens (including phenoxy) is 1. The molecule has 0 aliphatic heterocycles. The minimum atomic E-state index is -3.58. The molecular weight excluding hydrogens is 460 g/mol. The van der Waals surface area contributed by atoms with Gasteiger partial charge in [-0.15, -0.1) is 0 Å². The minimum absolute atomic E-state index is 0.0913. The number of amides is 1. The van der Waals surface area contributed by atoms with Gasteiger partial charge in [0.2, 0.25) is 10.0 Å². The van der Waals surface area contributed by atoms with E-state index in [0.717, 1.165) is 10.0 Å². The Morgan fingerprint density at radius 3 is 2.24 bits per heavy atom. The van der Waals surface area contributed by atoms with Gasteiger partial charge in [0.05, 0.1) is 4.90 Å². The molecule has 0 radical (unpaired) electrons. The third-order valence-corrected chi connectivity index (χ3v) is 7.04. The van der Waals surface area contributed by atoms with Gasteiger partial charge >= 0.3 is 5.97 Å². The SMILES string of the molecule is CCN(CC)S(=O)(=O)c1ccc(C(=O)NCC(=O)OCc2ccccc2Br)cc1. The van der Waals surface area contributed by atoms with E-state index in [4.69, 9.17) is 4.74 Å². The first kappa shape index (κ1) is 23.1. The Balaban J connectivity index is 1.91. The Labute approximate surface area is 179 Å². The molecule has 0 aliphatic rings. The van der Waals surface area contributed by atoms with Gasteiger partial charge in [-0.1, -0.05) is 48.0 Å². The molecule has 0 bridgehead atoms. The Morgan fingerprint density at radius 2 is 1.66 bits per heavy atom. The van der Waals surface area contributed by atoms with E-state index >= 15 is 0 Å². The summed E-state index contributed by atoms with van der Waals surface area (Å²) < 4.78 is 32.2. The molecule has 0 unspecified atom stereocenters. The average molecular weight is 483 g/mol. The van der Waals surface area contributed by atoms with Crippen molar-refractivity contribution in [2.45, 2.75) is 25.3 Å². The first-order chi connectivity index (χ1) is 13.8. The van der Waals surface area contributed by atoms with Gasteiger partial charge in [-0.2, -0.15) is 4.31 Å². The number of carbonyl (C=O) groups is 2. The molecule has 0 atom stereocenters. The molecule has 1 N–H and O–H groups in total. The molecule has 2 rings (SSSR count). The fraction of sp³-hybridized carbons (Fsp3) is 0.300. The molecule has 0 fully saturated rings. The highest BCUT2D eigenvalue weighted by Crippen LogP contribution is 2.17. The van der Waals surface area contributed by atoms with Crippen molar-refractivity contribution in [2.24, 2.45) is 0 Å². The molecule has 0 saturated heterocycles. The summed E-state index contributed by atoms with van der Waals surface area (Å²) >= 11 is 3.37. The van der Waals surface area contributed by atoms with E-state index in [2.05, 4.69) is 21.2 Å². The average Bonchev–Trinajstić information content (AvgIpc) is 2.72. The molecule has 156 valence electrons. The molecule has 1 amide bonds. The zero-order chi connectivity index (χ0) is 21.4. The standard InChI is InChI=1S/C20H23BrN2O5S/c1-3-23(4-2)29(26,27)17-11-9-15(10-12-17)20(25)22-13-19(24)28-14-16-7-5-6-8-18(16)21/h5-12H,3-4,13-14H2,1-2H3,(H,22,25). The van der Waals surface area contributed by atoms with Crippen molar-refractivity contribution in [2.75, 3.05) is 19.6 Å². The van der Waals surface area contributed by atoms with Crippen LogP contribution in [0.25, 0.3) is 0 Å². The van der Waals surface area contributed by atoms with E-state index in [1.807, 2.05) is 24.3 Å². The fourth-order valence-corrected chi connectivity index (χ4v) is 4.43. The maximum Gasteiger partial charge on any atom is 0.325 e. The van der Waals surface area contributed by atoms with Crippen LogP contribution in [0.5, 0.6) is 0 Å². The van der Waals surface area contributed by atoms with Crippen molar-refractivity contribution in [1.82, 2.24) is 9.62 Å². The summed E-state index contributed by atoms with van der Waals surface area (Å²) in [4.78, 5) is 24.2. The quantitative estimate of drug-likeness (QED) is 0.554. The minimum Gasteiger partial charge on any atom is -0.459 e. The lowest BCUT2D eigenvalue weighted by molar-refractivity contribution is -0.143. The van der Waals surface area contributed by atoms with Crippen LogP contribution >= 0.6 is 15.9 Å². The van der Waals surface area contributed by atoms with Crippen molar-refractivity contribution in [3.63, 3.8) is 0 Å². The van der Waals surface area contributed by atoms with E-state index in [1.165, 1.54) is 28.6 Å². The van der Waals surface area contributed by atoms with E-state index < -0.39 is 21.9 Å². The second-order valence-corrected chi connectivity index (χ2v) is 8.84. The molecule has 29 heavy (non-hydrogen) atoms. The summed E-state index contributed by atoms with van der Waals surface area (Å²) in [5, 5.41) is 2.47. The van der Waals surface area contributed by atoms with E-state index in [0.29, 0.717) is 13.1 Å². The molecule has 0 saturated carbocycles. The second-order valence-electron chi connectivity index (χ2n) is 6.05. The number of carbonyl (C=O) groups excluding carboxylic acids is 2. The van der Waals surface area contributed by atoms with Gasteiger partial charge in [-0.05, 0) is 30.3 Å². The summed E-state index contributed by atoms with van der Waals surface area (Å²) in [6, 6.07) is 12.9. The van der Waals surface area contributed by atoms with E-state index in [1.54, 1.807) is 13.8 Å². The van der Waals surface area contributed by atoms with Crippen LogP contribution in [0.15, 0.2) is 57.9 Å². The van der Waals surface area contributed by atoms with Gasteiger partial charge in [-0.25, -0.2) is 8.42 Å². The van der Waals surface area contributed by atoms with Crippen LogP contribution in [0.1, 0.15) is 29.8 Å². The molecule has 0 aliphatic carbocycles. The Hall–Kier alpha value is -2.23. The highest BCUT2D eigenvalue weighted by molar-refractivity contribution is 9.10. The van der Waals surface area contributed by atoms with Gasteiger partial charge in [0, 0.05) is 28.7 Å². The predicted molar refractivity (Wildman–Crippen MR) is 113 cm³/mol. The van der Waals surface area contributed by atoms with Crippen molar-refractivity contribution < 1.29 is 22.7 Å². The third-order valence-electron chi connectivity index (χ3n) is 4.20. The van der Waals surface area contributed by atoms with Crippen molar-refractivity contribution in [1.29, 1.82) is 0 Å². The molecular formula is C20H23BrN2O5S. The number of hydrogen-bond donors (Lipinski definition) is 1. The number of esters is 1. The van der Waals surface area contributed by atoms with Crippen LogP contribution in [0, 0.1) is 0 Å². The predicted octanol–water partition coefficient (Wildman–Crippen LogP) is 2.95. The number of nitrogens with one attached hydrogen (secondary N) is 1. The zero-order valence-electron chi connectivity index (χ0n) is 16.2. The maximum atomic E-state index is 12.5. The topological polar surface area (TPSA) is 92.8 Å². The van der Waals surface area contributed by atoms with Gasteiger partial charge in [0.25, 0.3) is 5.91 Å². The van der Waals surface area contributed by atoms with E-state index in [-0.39, 0.29) is 23.6 Å². The van der Waals surface area contributed by atoms with E-state index in [9.17, 15) is 18.0 Å².